The van der Waals surface area contributed by atoms with Crippen LogP contribution in [0, 0.1) is 11.8 Å². The van der Waals surface area contributed by atoms with Crippen LogP contribution < -0.4 is 5.73 Å². The number of aliphatic carboxylic acids is 1. The summed E-state index contributed by atoms with van der Waals surface area (Å²) in [7, 11) is 0. The molecule has 4 aromatic rings. The average molecular weight is 457 g/mol. The van der Waals surface area contributed by atoms with Crippen molar-refractivity contribution in [2.45, 2.75) is 12.7 Å². The third-order valence-electron chi connectivity index (χ3n) is 4.26. The number of hydrogen-bond donors (Lipinski definition) is 2. The maximum Gasteiger partial charge on any atom is 0.490 e. The maximum absolute atomic E-state index is 10.6. The van der Waals surface area contributed by atoms with Gasteiger partial charge < -0.3 is 20.1 Å². The molecule has 3 N–H and O–H groups in total. The molecular formula is C22H18F3N5O3. The predicted molar refractivity (Wildman–Crippen MR) is 115 cm³/mol. The number of fused-ring (bicyclic) bond motifs is 3. The van der Waals surface area contributed by atoms with Gasteiger partial charge in [0.05, 0.1) is 24.0 Å². The number of benzene rings is 1. The Labute approximate surface area is 185 Å². The molecule has 11 heteroatoms. The Morgan fingerprint density at radius 2 is 1.88 bits per heavy atom. The van der Waals surface area contributed by atoms with E-state index in [4.69, 9.17) is 20.4 Å². The highest BCUT2D eigenvalue weighted by molar-refractivity contribution is 6.06. The molecule has 33 heavy (non-hydrogen) atoms. The number of ether oxygens (including phenoxy) is 1. The van der Waals surface area contributed by atoms with Crippen LogP contribution in [0.3, 0.4) is 0 Å². The molecule has 0 aliphatic heterocycles. The van der Waals surface area contributed by atoms with Gasteiger partial charge in [-0.2, -0.15) is 13.2 Å². The van der Waals surface area contributed by atoms with E-state index in [0.717, 1.165) is 27.6 Å². The lowest BCUT2D eigenvalue weighted by Gasteiger charge is -2.07. The Hall–Kier alpha value is -4.17. The lowest BCUT2D eigenvalue weighted by Crippen LogP contribution is -2.21. The fourth-order valence-electron chi connectivity index (χ4n) is 2.83. The maximum atomic E-state index is 10.6. The highest BCUT2D eigenvalue weighted by Gasteiger charge is 2.38. The Balaban J connectivity index is 0.000000383. The molecule has 0 saturated carbocycles. The van der Waals surface area contributed by atoms with Crippen molar-refractivity contribution in [2.24, 2.45) is 0 Å². The van der Waals surface area contributed by atoms with Crippen molar-refractivity contribution in [1.82, 2.24) is 19.5 Å². The summed E-state index contributed by atoms with van der Waals surface area (Å²) in [6, 6.07) is 13.6. The van der Waals surface area contributed by atoms with Crippen molar-refractivity contribution >= 4 is 33.7 Å². The number of pyridine rings is 2. The molecule has 0 saturated heterocycles. The average Bonchev–Trinajstić information content (AvgIpc) is 3.22. The number of aromatic nitrogens is 4. The van der Waals surface area contributed by atoms with E-state index in [1.165, 1.54) is 0 Å². The fraction of sp³-hybridized carbons (Fsp3) is 0.182. The van der Waals surface area contributed by atoms with Crippen molar-refractivity contribution in [3.05, 3.63) is 60.7 Å². The summed E-state index contributed by atoms with van der Waals surface area (Å²) in [4.78, 5) is 21.9. The van der Waals surface area contributed by atoms with Gasteiger partial charge in [-0.1, -0.05) is 30.2 Å². The number of carboxylic acids is 1. The van der Waals surface area contributed by atoms with Gasteiger partial charge in [-0.15, -0.1) is 0 Å². The monoisotopic (exact) mass is 457 g/mol. The number of nitrogens with two attached hydrogens (primary N) is 1. The van der Waals surface area contributed by atoms with E-state index in [1.807, 2.05) is 47.0 Å². The SMILES string of the molecule is Nc1nc2ccccc2c2c1ncn2CCOCC#Cc1ccccn1.O=C(O)C(F)(F)F. The number of carbonyl (C=O) groups is 1. The van der Waals surface area contributed by atoms with E-state index >= 15 is 0 Å². The molecule has 0 fully saturated rings. The van der Waals surface area contributed by atoms with Crippen LogP contribution in [-0.4, -0.2) is 50.0 Å². The van der Waals surface area contributed by atoms with E-state index in [9.17, 15) is 13.2 Å². The molecule has 4 rings (SSSR count). The molecule has 3 aromatic heterocycles. The highest BCUT2D eigenvalue weighted by atomic mass is 19.4. The third-order valence-corrected chi connectivity index (χ3v) is 4.26. The minimum atomic E-state index is -5.08. The minimum Gasteiger partial charge on any atom is -0.475 e. The van der Waals surface area contributed by atoms with Gasteiger partial charge in [0, 0.05) is 18.1 Å². The number of imidazole rings is 1. The fourth-order valence-corrected chi connectivity index (χ4v) is 2.83. The normalized spacial score (nSPS) is 10.9. The lowest BCUT2D eigenvalue weighted by atomic mass is 10.2. The van der Waals surface area contributed by atoms with Crippen LogP contribution in [0.2, 0.25) is 0 Å². The topological polar surface area (TPSA) is 116 Å². The summed E-state index contributed by atoms with van der Waals surface area (Å²) in [5.41, 5.74) is 9.35. The molecule has 0 radical (unpaired) electrons. The number of carboxylic acid groups (broad SMARTS) is 1. The van der Waals surface area contributed by atoms with Gasteiger partial charge in [0.25, 0.3) is 0 Å². The predicted octanol–water partition coefficient (Wildman–Crippen LogP) is 3.26. The van der Waals surface area contributed by atoms with Gasteiger partial charge in [-0.25, -0.2) is 19.7 Å². The van der Waals surface area contributed by atoms with Crippen LogP contribution in [0.1, 0.15) is 5.69 Å². The van der Waals surface area contributed by atoms with Crippen LogP contribution >= 0.6 is 0 Å². The molecular weight excluding hydrogens is 439 g/mol. The second-order valence-electron chi connectivity index (χ2n) is 6.52. The molecule has 0 spiro atoms. The van der Waals surface area contributed by atoms with Gasteiger partial charge in [-0.3, -0.25) is 0 Å². The van der Waals surface area contributed by atoms with Crippen LogP contribution in [0.5, 0.6) is 0 Å². The summed E-state index contributed by atoms with van der Waals surface area (Å²) < 4.78 is 39.4. The van der Waals surface area contributed by atoms with Crippen molar-refractivity contribution < 1.29 is 27.8 Å². The summed E-state index contributed by atoms with van der Waals surface area (Å²) in [6.45, 7) is 1.54. The first kappa shape index (κ1) is 23.5. The number of halogens is 3. The zero-order chi connectivity index (χ0) is 23.8. The molecule has 170 valence electrons. The Morgan fingerprint density at radius 1 is 1.15 bits per heavy atom. The Bertz CT molecular complexity index is 1310. The van der Waals surface area contributed by atoms with Crippen molar-refractivity contribution in [3.8, 4) is 11.8 Å². The quantitative estimate of drug-likeness (QED) is 0.357. The second kappa shape index (κ2) is 10.4. The Kier molecular flexibility index (Phi) is 7.42. The Morgan fingerprint density at radius 3 is 2.58 bits per heavy atom. The molecule has 1 aromatic carbocycles. The number of nitrogens with zero attached hydrogens (tertiary/aromatic N) is 4. The summed E-state index contributed by atoms with van der Waals surface area (Å²) in [6.07, 6.45) is -1.59. The summed E-state index contributed by atoms with van der Waals surface area (Å²) in [5, 5.41) is 8.16. The zero-order valence-corrected chi connectivity index (χ0v) is 17.1. The number of para-hydroxylation sites is 1. The van der Waals surface area contributed by atoms with Crippen LogP contribution in [-0.2, 0) is 16.1 Å². The highest BCUT2D eigenvalue weighted by Crippen LogP contribution is 2.26. The molecule has 3 heterocycles. The van der Waals surface area contributed by atoms with Crippen LogP contribution in [0.4, 0.5) is 19.0 Å². The van der Waals surface area contributed by atoms with Gasteiger partial charge in [0.2, 0.25) is 0 Å². The number of alkyl halides is 3. The van der Waals surface area contributed by atoms with E-state index in [-0.39, 0.29) is 0 Å². The van der Waals surface area contributed by atoms with E-state index < -0.39 is 12.1 Å². The number of hydrogen-bond acceptors (Lipinski definition) is 6. The van der Waals surface area contributed by atoms with Crippen molar-refractivity contribution in [2.75, 3.05) is 18.9 Å². The second-order valence-corrected chi connectivity index (χ2v) is 6.52. The van der Waals surface area contributed by atoms with Gasteiger partial charge >= 0.3 is 12.1 Å². The van der Waals surface area contributed by atoms with Crippen LogP contribution in [0.25, 0.3) is 21.9 Å². The summed E-state index contributed by atoms with van der Waals surface area (Å²) >= 11 is 0. The number of anilines is 1. The molecule has 0 aliphatic carbocycles. The first-order chi connectivity index (χ1) is 15.8. The van der Waals surface area contributed by atoms with Gasteiger partial charge in [-0.05, 0) is 24.1 Å². The van der Waals surface area contributed by atoms with E-state index in [0.29, 0.717) is 25.6 Å². The summed E-state index contributed by atoms with van der Waals surface area (Å²) in [5.74, 6) is 3.62. The van der Waals surface area contributed by atoms with Crippen molar-refractivity contribution in [3.63, 3.8) is 0 Å². The standard InChI is InChI=1S/C20H17N5O.C2HF3O2/c21-20-18-19(16-8-1-2-9-17(16)24-20)25(14-23-18)11-13-26-12-5-7-15-6-3-4-10-22-15;3-2(4,5)1(6)7/h1-4,6,8-10,14H,11-13H2,(H2,21,24);(H,6,7). The first-order valence-electron chi connectivity index (χ1n) is 9.54. The molecule has 0 atom stereocenters. The third kappa shape index (κ3) is 6.18. The molecule has 0 amide bonds. The van der Waals surface area contributed by atoms with Gasteiger partial charge in [0.15, 0.2) is 5.82 Å². The van der Waals surface area contributed by atoms with Gasteiger partial charge in [0.1, 0.15) is 17.8 Å². The molecule has 0 aliphatic rings. The molecule has 0 unspecified atom stereocenters. The van der Waals surface area contributed by atoms with E-state index in [2.05, 4.69) is 26.8 Å². The van der Waals surface area contributed by atoms with Crippen LogP contribution in [0.15, 0.2) is 55.0 Å². The lowest BCUT2D eigenvalue weighted by molar-refractivity contribution is -0.192. The number of nitrogen functional groups attached to an aromatic ring is 1. The first-order valence-corrected chi connectivity index (χ1v) is 9.54. The smallest absolute Gasteiger partial charge is 0.475 e. The molecule has 0 bridgehead atoms. The zero-order valence-electron chi connectivity index (χ0n) is 17.1. The molecule has 8 nitrogen and oxygen atoms in total. The minimum absolute atomic E-state index is 0.355. The van der Waals surface area contributed by atoms with E-state index in [1.54, 1.807) is 12.5 Å². The largest absolute Gasteiger partial charge is 0.490 e. The number of rotatable bonds is 4. The van der Waals surface area contributed by atoms with Crippen molar-refractivity contribution in [1.29, 1.82) is 0 Å².